The summed E-state index contributed by atoms with van der Waals surface area (Å²) in [5.41, 5.74) is 0.00745. The molecule has 0 aliphatic carbocycles. The van der Waals surface area contributed by atoms with Crippen LogP contribution in [0.4, 0.5) is 0 Å². The van der Waals surface area contributed by atoms with Crippen molar-refractivity contribution in [2.45, 2.75) is 25.7 Å². The van der Waals surface area contributed by atoms with Gasteiger partial charge in [-0.1, -0.05) is 27.5 Å². The SMILES string of the molecule is N#CC1(Cc2ccc(Cl)s2)CCN(C(=O)COc2ccc(Br)cc2CC(=O)O)CC1. The summed E-state index contributed by atoms with van der Waals surface area (Å²) < 4.78 is 7.08. The van der Waals surface area contributed by atoms with E-state index < -0.39 is 11.4 Å². The minimum absolute atomic E-state index is 0.172. The van der Waals surface area contributed by atoms with E-state index in [-0.39, 0.29) is 18.9 Å². The Kier molecular flexibility index (Phi) is 7.40. The fourth-order valence-corrected chi connectivity index (χ4v) is 5.15. The quantitative estimate of drug-likeness (QED) is 0.589. The topological polar surface area (TPSA) is 90.6 Å². The van der Waals surface area contributed by atoms with Crippen molar-refractivity contribution >= 4 is 50.7 Å². The third kappa shape index (κ3) is 5.75. The van der Waals surface area contributed by atoms with Crippen LogP contribution >= 0.6 is 38.9 Å². The van der Waals surface area contributed by atoms with Crippen molar-refractivity contribution in [1.29, 1.82) is 5.26 Å². The molecular weight excluding hydrogens is 492 g/mol. The lowest BCUT2D eigenvalue weighted by Gasteiger charge is -2.37. The van der Waals surface area contributed by atoms with Crippen LogP contribution in [0.3, 0.4) is 0 Å². The molecular formula is C21H20BrClN2O4S. The lowest BCUT2D eigenvalue weighted by molar-refractivity contribution is -0.136. The highest BCUT2D eigenvalue weighted by Gasteiger charge is 2.36. The number of ether oxygens (including phenoxy) is 1. The lowest BCUT2D eigenvalue weighted by atomic mass is 9.76. The number of halogens is 2. The summed E-state index contributed by atoms with van der Waals surface area (Å²) in [7, 11) is 0. The summed E-state index contributed by atoms with van der Waals surface area (Å²) >= 11 is 10.8. The molecule has 1 N–H and O–H groups in total. The second kappa shape index (κ2) is 9.82. The van der Waals surface area contributed by atoms with E-state index in [2.05, 4.69) is 22.0 Å². The molecule has 158 valence electrons. The molecule has 1 aliphatic rings. The molecule has 1 aromatic heterocycles. The molecule has 1 amide bonds. The zero-order valence-corrected chi connectivity index (χ0v) is 19.2. The molecule has 0 radical (unpaired) electrons. The largest absolute Gasteiger partial charge is 0.483 e. The maximum absolute atomic E-state index is 12.6. The number of carbonyl (C=O) groups excluding carboxylic acids is 1. The zero-order valence-electron chi connectivity index (χ0n) is 16.1. The number of hydrogen-bond donors (Lipinski definition) is 1. The fourth-order valence-electron chi connectivity index (χ4n) is 3.51. The first-order valence-corrected chi connectivity index (χ1v) is 11.4. The van der Waals surface area contributed by atoms with Gasteiger partial charge in [0, 0.05) is 34.4 Å². The van der Waals surface area contributed by atoms with Crippen molar-refractivity contribution < 1.29 is 19.4 Å². The summed E-state index contributed by atoms with van der Waals surface area (Å²) in [4.78, 5) is 26.4. The first kappa shape index (κ1) is 22.6. The van der Waals surface area contributed by atoms with Gasteiger partial charge in [0.05, 0.1) is 22.2 Å². The molecule has 1 fully saturated rings. The average molecular weight is 512 g/mol. The first-order chi connectivity index (χ1) is 14.3. The van der Waals surface area contributed by atoms with Crippen LogP contribution in [0.25, 0.3) is 0 Å². The highest BCUT2D eigenvalue weighted by molar-refractivity contribution is 9.10. The Morgan fingerprint density at radius 2 is 2.03 bits per heavy atom. The molecule has 1 aromatic carbocycles. The van der Waals surface area contributed by atoms with E-state index >= 15 is 0 Å². The number of amides is 1. The zero-order chi connectivity index (χ0) is 21.7. The number of thiophene rings is 1. The predicted octanol–water partition coefficient (Wildman–Crippen LogP) is 4.54. The molecule has 0 unspecified atom stereocenters. The highest BCUT2D eigenvalue weighted by Crippen LogP contribution is 2.37. The van der Waals surface area contributed by atoms with Crippen LogP contribution in [0, 0.1) is 16.7 Å². The second-order valence-electron chi connectivity index (χ2n) is 7.27. The monoisotopic (exact) mass is 510 g/mol. The second-order valence-corrected chi connectivity index (χ2v) is 9.98. The molecule has 2 heterocycles. The molecule has 1 aliphatic heterocycles. The van der Waals surface area contributed by atoms with Crippen molar-refractivity contribution in [3.8, 4) is 11.8 Å². The van der Waals surface area contributed by atoms with Crippen molar-refractivity contribution in [3.05, 3.63) is 49.6 Å². The van der Waals surface area contributed by atoms with Crippen LogP contribution < -0.4 is 4.74 Å². The maximum Gasteiger partial charge on any atom is 0.307 e. The van der Waals surface area contributed by atoms with Crippen LogP contribution in [-0.2, 0) is 22.4 Å². The Balaban J connectivity index is 1.57. The van der Waals surface area contributed by atoms with E-state index in [1.807, 2.05) is 12.1 Å². The van der Waals surface area contributed by atoms with Crippen molar-refractivity contribution in [1.82, 2.24) is 4.90 Å². The smallest absolute Gasteiger partial charge is 0.307 e. The van der Waals surface area contributed by atoms with E-state index in [0.717, 1.165) is 9.35 Å². The fraction of sp³-hybridized carbons (Fsp3) is 0.381. The number of carboxylic acid groups (broad SMARTS) is 1. The van der Waals surface area contributed by atoms with Gasteiger partial charge in [-0.05, 0) is 43.2 Å². The summed E-state index contributed by atoms with van der Waals surface area (Å²) in [6.07, 6.45) is 1.63. The molecule has 2 aromatic rings. The van der Waals surface area contributed by atoms with E-state index in [1.54, 1.807) is 23.1 Å². The van der Waals surface area contributed by atoms with Gasteiger partial charge in [-0.2, -0.15) is 5.26 Å². The molecule has 0 spiro atoms. The molecule has 0 saturated carbocycles. The van der Waals surface area contributed by atoms with Gasteiger partial charge in [-0.3, -0.25) is 9.59 Å². The van der Waals surface area contributed by atoms with Crippen molar-refractivity contribution in [2.24, 2.45) is 5.41 Å². The van der Waals surface area contributed by atoms with Crippen molar-refractivity contribution in [2.75, 3.05) is 19.7 Å². The Morgan fingerprint density at radius 1 is 1.30 bits per heavy atom. The minimum atomic E-state index is -0.972. The Bertz CT molecular complexity index is 980. The summed E-state index contributed by atoms with van der Waals surface area (Å²) in [5.74, 6) is -0.767. The standard InChI is InChI=1S/C21H20BrClN2O4S/c22-15-1-3-17(14(9-15)10-20(27)28)29-12-19(26)25-7-5-21(13-24,6-8-25)11-16-2-4-18(23)30-16/h1-4,9H,5-8,10-12H2,(H,27,28). The van der Waals surface area contributed by atoms with Crippen LogP contribution in [0.15, 0.2) is 34.8 Å². The van der Waals surface area contributed by atoms with Gasteiger partial charge in [-0.25, -0.2) is 0 Å². The number of nitriles is 1. The van der Waals surface area contributed by atoms with Crippen LogP contribution in [0.5, 0.6) is 5.75 Å². The Hall–Kier alpha value is -2.08. The lowest BCUT2D eigenvalue weighted by Crippen LogP contribution is -2.45. The number of benzene rings is 1. The number of piperidine rings is 1. The van der Waals surface area contributed by atoms with Gasteiger partial charge in [0.15, 0.2) is 6.61 Å². The van der Waals surface area contributed by atoms with E-state index in [1.165, 1.54) is 11.3 Å². The Labute approximate surface area is 192 Å². The maximum atomic E-state index is 12.6. The first-order valence-electron chi connectivity index (χ1n) is 9.36. The van der Waals surface area contributed by atoms with E-state index in [4.69, 9.17) is 21.4 Å². The summed E-state index contributed by atoms with van der Waals surface area (Å²) in [6.45, 7) is 0.794. The average Bonchev–Trinajstić information content (AvgIpc) is 3.11. The van der Waals surface area contributed by atoms with Gasteiger partial charge in [0.2, 0.25) is 0 Å². The third-order valence-electron chi connectivity index (χ3n) is 5.17. The number of nitrogens with zero attached hydrogens (tertiary/aromatic N) is 2. The summed E-state index contributed by atoms with van der Waals surface area (Å²) in [6, 6.07) is 11.3. The van der Waals surface area contributed by atoms with Crippen LogP contribution in [-0.4, -0.2) is 41.6 Å². The minimum Gasteiger partial charge on any atom is -0.483 e. The third-order valence-corrected chi connectivity index (χ3v) is 6.89. The predicted molar refractivity (Wildman–Crippen MR) is 118 cm³/mol. The van der Waals surface area contributed by atoms with Gasteiger partial charge >= 0.3 is 5.97 Å². The molecule has 9 heteroatoms. The number of carboxylic acids is 1. The number of rotatable bonds is 7. The van der Waals surface area contributed by atoms with Gasteiger partial charge in [-0.15, -0.1) is 11.3 Å². The highest BCUT2D eigenvalue weighted by atomic mass is 79.9. The molecule has 0 bridgehead atoms. The number of likely N-dealkylation sites (tertiary alicyclic amines) is 1. The molecule has 3 rings (SSSR count). The number of carbonyl (C=O) groups is 2. The van der Waals surface area contributed by atoms with Gasteiger partial charge in [0.25, 0.3) is 5.91 Å². The number of hydrogen-bond acceptors (Lipinski definition) is 5. The molecule has 1 saturated heterocycles. The van der Waals surface area contributed by atoms with E-state index in [0.29, 0.717) is 48.0 Å². The summed E-state index contributed by atoms with van der Waals surface area (Å²) in [5, 5.41) is 18.8. The molecule has 30 heavy (non-hydrogen) atoms. The molecule has 6 nitrogen and oxygen atoms in total. The Morgan fingerprint density at radius 3 is 2.63 bits per heavy atom. The number of aliphatic carboxylic acids is 1. The van der Waals surface area contributed by atoms with Gasteiger partial charge < -0.3 is 14.7 Å². The van der Waals surface area contributed by atoms with Crippen molar-refractivity contribution in [3.63, 3.8) is 0 Å². The molecule has 0 atom stereocenters. The van der Waals surface area contributed by atoms with Crippen LogP contribution in [0.1, 0.15) is 23.3 Å². The normalized spacial score (nSPS) is 15.4. The van der Waals surface area contributed by atoms with Gasteiger partial charge in [0.1, 0.15) is 5.75 Å². The van der Waals surface area contributed by atoms with Crippen LogP contribution in [0.2, 0.25) is 4.34 Å². The van der Waals surface area contributed by atoms with E-state index in [9.17, 15) is 14.9 Å².